The molecule has 0 saturated carbocycles. The number of ketones is 1. The number of aromatic nitrogens is 1. The maximum atomic E-state index is 9.44. The second kappa shape index (κ2) is 8.88. The highest BCUT2D eigenvalue weighted by molar-refractivity contribution is 5.75. The third-order valence-corrected chi connectivity index (χ3v) is 0.566. The Balaban J connectivity index is 0. The lowest BCUT2D eigenvalue weighted by Gasteiger charge is -1.70. The van der Waals surface area contributed by atoms with Gasteiger partial charge in [0, 0.05) is 20.8 Å². The molecule has 11 heavy (non-hydrogen) atoms. The fourth-order valence-corrected chi connectivity index (χ4v) is 0.313. The summed E-state index contributed by atoms with van der Waals surface area (Å²) >= 11 is 0. The zero-order valence-electron chi connectivity index (χ0n) is 6.82. The summed E-state index contributed by atoms with van der Waals surface area (Å²) in [6.45, 7) is 3.06. The highest BCUT2D eigenvalue weighted by Crippen LogP contribution is 1.73. The van der Waals surface area contributed by atoms with Crippen molar-refractivity contribution in [3.63, 3.8) is 0 Å². The Hall–Kier alpha value is -1.12. The summed E-state index contributed by atoms with van der Waals surface area (Å²) in [6, 6.07) is 5.72. The third-order valence-electron chi connectivity index (χ3n) is 0.566. The van der Waals surface area contributed by atoms with Crippen LogP contribution in [0.5, 0.6) is 0 Å². The molecule has 0 aliphatic rings. The van der Waals surface area contributed by atoms with E-state index in [1.54, 1.807) is 12.4 Å². The van der Waals surface area contributed by atoms with Crippen molar-refractivity contribution < 1.29 is 4.79 Å². The van der Waals surface area contributed by atoms with E-state index in [1.807, 2.05) is 18.2 Å². The van der Waals surface area contributed by atoms with E-state index >= 15 is 0 Å². The first-order valence-electron chi connectivity index (χ1n) is 3.05. The maximum Gasteiger partial charge on any atom is 0.126 e. The molecule has 0 saturated heterocycles. The molecule has 1 aromatic rings. The van der Waals surface area contributed by atoms with E-state index < -0.39 is 0 Å². The number of Topliss-reactive ketones (excluding diaryl/α,β-unsaturated/α-hetero) is 1. The average Bonchev–Trinajstić information content (AvgIpc) is 1.90. The van der Waals surface area contributed by atoms with Crippen LogP contribution in [0, 0.1) is 0 Å². The van der Waals surface area contributed by atoms with E-state index in [0.717, 1.165) is 0 Å². The molecule has 0 N–H and O–H groups in total. The van der Waals surface area contributed by atoms with E-state index in [2.05, 4.69) is 4.98 Å². The largest absolute Gasteiger partial charge is 0.300 e. The smallest absolute Gasteiger partial charge is 0.126 e. The molecule has 3 heteroatoms. The summed E-state index contributed by atoms with van der Waals surface area (Å²) in [5.41, 5.74) is 0. The standard InChI is InChI=1S/C5H5N.C3H6O.B/c1-2-4-6-5-3-1;1-3(2)4;/h1-5H;1-2H3;. The third kappa shape index (κ3) is 17.6. The van der Waals surface area contributed by atoms with E-state index in [0.29, 0.717) is 0 Å². The van der Waals surface area contributed by atoms with Gasteiger partial charge in [-0.05, 0) is 26.0 Å². The topological polar surface area (TPSA) is 30.0 Å². The van der Waals surface area contributed by atoms with E-state index in [4.69, 9.17) is 0 Å². The minimum atomic E-state index is 0. The molecule has 0 aliphatic carbocycles. The summed E-state index contributed by atoms with van der Waals surface area (Å²) in [7, 11) is 0. The highest BCUT2D eigenvalue weighted by Gasteiger charge is 1.62. The number of pyridine rings is 1. The van der Waals surface area contributed by atoms with Crippen LogP contribution in [0.1, 0.15) is 13.8 Å². The fourth-order valence-electron chi connectivity index (χ4n) is 0.313. The van der Waals surface area contributed by atoms with Gasteiger partial charge in [-0.15, -0.1) is 0 Å². The monoisotopic (exact) mass is 148 g/mol. The van der Waals surface area contributed by atoms with Crippen LogP contribution < -0.4 is 0 Å². The molecule has 0 amide bonds. The van der Waals surface area contributed by atoms with Crippen LogP contribution in [-0.2, 0) is 4.79 Å². The van der Waals surface area contributed by atoms with Gasteiger partial charge in [0.2, 0.25) is 0 Å². The van der Waals surface area contributed by atoms with Gasteiger partial charge in [-0.25, -0.2) is 0 Å². The van der Waals surface area contributed by atoms with Crippen molar-refractivity contribution in [2.24, 2.45) is 0 Å². The molecule has 1 rings (SSSR count). The summed E-state index contributed by atoms with van der Waals surface area (Å²) in [5, 5.41) is 0. The lowest BCUT2D eigenvalue weighted by atomic mass is 10.5. The van der Waals surface area contributed by atoms with E-state index in [-0.39, 0.29) is 14.2 Å². The van der Waals surface area contributed by atoms with Crippen LogP contribution in [0.3, 0.4) is 0 Å². The first-order chi connectivity index (χ1) is 4.73. The minimum Gasteiger partial charge on any atom is -0.300 e. The van der Waals surface area contributed by atoms with Crippen molar-refractivity contribution in [3.8, 4) is 0 Å². The van der Waals surface area contributed by atoms with E-state index in [1.165, 1.54) is 13.8 Å². The molecule has 1 aromatic heterocycles. The molecule has 57 valence electrons. The van der Waals surface area contributed by atoms with Gasteiger partial charge in [0.15, 0.2) is 0 Å². The Bertz CT molecular complexity index is 146. The quantitative estimate of drug-likeness (QED) is 0.519. The van der Waals surface area contributed by atoms with Gasteiger partial charge in [0.25, 0.3) is 0 Å². The second-order valence-electron chi connectivity index (χ2n) is 1.93. The van der Waals surface area contributed by atoms with Gasteiger partial charge in [0.05, 0.1) is 0 Å². The minimum absolute atomic E-state index is 0. The first-order valence-corrected chi connectivity index (χ1v) is 3.05. The number of rotatable bonds is 0. The SMILES string of the molecule is CC(C)=O.[B].c1ccncc1. The Labute approximate surface area is 69.2 Å². The Kier molecular flexibility index (Phi) is 10.1. The lowest BCUT2D eigenvalue weighted by Crippen LogP contribution is -1.69. The highest BCUT2D eigenvalue weighted by atomic mass is 16.1. The Morgan fingerprint density at radius 1 is 1.09 bits per heavy atom. The first kappa shape index (κ1) is 12.6. The van der Waals surface area contributed by atoms with Crippen molar-refractivity contribution in [1.29, 1.82) is 0 Å². The molecule has 0 aliphatic heterocycles. The number of nitrogens with zero attached hydrogens (tertiary/aromatic N) is 1. The van der Waals surface area contributed by atoms with Gasteiger partial charge in [-0.2, -0.15) is 0 Å². The predicted octanol–water partition coefficient (Wildman–Crippen LogP) is 1.30. The summed E-state index contributed by atoms with van der Waals surface area (Å²) in [5.74, 6) is 0.167. The van der Waals surface area contributed by atoms with E-state index in [9.17, 15) is 4.79 Å². The van der Waals surface area contributed by atoms with Gasteiger partial charge in [0.1, 0.15) is 5.78 Å². The molecule has 0 bridgehead atoms. The molecule has 0 atom stereocenters. The number of carbonyl (C=O) groups is 1. The number of carbonyl (C=O) groups excluding carboxylic acids is 1. The van der Waals surface area contributed by atoms with Crippen molar-refractivity contribution in [2.75, 3.05) is 0 Å². The van der Waals surface area contributed by atoms with Crippen molar-refractivity contribution >= 4 is 14.2 Å². The second-order valence-corrected chi connectivity index (χ2v) is 1.93. The zero-order chi connectivity index (χ0) is 7.82. The molecular weight excluding hydrogens is 137 g/mol. The van der Waals surface area contributed by atoms with Crippen molar-refractivity contribution in [2.45, 2.75) is 13.8 Å². The molecule has 0 aromatic carbocycles. The van der Waals surface area contributed by atoms with Crippen LogP contribution in [-0.4, -0.2) is 19.2 Å². The summed E-state index contributed by atoms with van der Waals surface area (Å²) in [4.78, 5) is 13.2. The van der Waals surface area contributed by atoms with Crippen LogP contribution in [0.25, 0.3) is 0 Å². The molecule has 0 spiro atoms. The van der Waals surface area contributed by atoms with Crippen LogP contribution in [0.4, 0.5) is 0 Å². The number of hydrogen-bond donors (Lipinski definition) is 0. The molecule has 3 radical (unpaired) electrons. The molecule has 0 unspecified atom stereocenters. The van der Waals surface area contributed by atoms with Gasteiger partial charge >= 0.3 is 0 Å². The molecule has 2 nitrogen and oxygen atoms in total. The fraction of sp³-hybridized carbons (Fsp3) is 0.250. The summed E-state index contributed by atoms with van der Waals surface area (Å²) < 4.78 is 0. The zero-order valence-corrected chi connectivity index (χ0v) is 6.82. The lowest BCUT2D eigenvalue weighted by molar-refractivity contribution is -0.114. The van der Waals surface area contributed by atoms with Crippen molar-refractivity contribution in [1.82, 2.24) is 4.98 Å². The van der Waals surface area contributed by atoms with Gasteiger partial charge < -0.3 is 4.79 Å². The Morgan fingerprint density at radius 2 is 1.45 bits per heavy atom. The number of hydrogen-bond acceptors (Lipinski definition) is 2. The normalized spacial score (nSPS) is 6.73. The van der Waals surface area contributed by atoms with Crippen LogP contribution in [0.15, 0.2) is 30.6 Å². The Morgan fingerprint density at radius 3 is 1.55 bits per heavy atom. The molecule has 0 fully saturated rings. The summed E-state index contributed by atoms with van der Waals surface area (Å²) in [6.07, 6.45) is 3.50. The maximum absolute atomic E-state index is 9.44. The van der Waals surface area contributed by atoms with Gasteiger partial charge in [-0.3, -0.25) is 4.98 Å². The van der Waals surface area contributed by atoms with Crippen LogP contribution >= 0.6 is 0 Å². The van der Waals surface area contributed by atoms with Crippen molar-refractivity contribution in [3.05, 3.63) is 30.6 Å². The molecular formula is C8H11BNO. The molecule has 1 heterocycles. The van der Waals surface area contributed by atoms with Crippen LogP contribution in [0.2, 0.25) is 0 Å². The predicted molar refractivity (Wildman–Crippen MR) is 46.3 cm³/mol. The average molecular weight is 148 g/mol. The van der Waals surface area contributed by atoms with Gasteiger partial charge in [-0.1, -0.05) is 6.07 Å².